The largest absolute Gasteiger partial charge is 0.327 e. The highest BCUT2D eigenvalue weighted by Crippen LogP contribution is 2.35. The Labute approximate surface area is 104 Å². The molecule has 0 aliphatic rings. The van der Waals surface area contributed by atoms with Gasteiger partial charge in [0.1, 0.15) is 0 Å². The topological polar surface area (TPSA) is 82.5 Å². The molecule has 0 aromatic carbocycles. The molecule has 0 amide bonds. The minimum atomic E-state index is -0.000833. The molecular formula is C10H14N6S. The van der Waals surface area contributed by atoms with Crippen molar-refractivity contribution in [3.63, 3.8) is 0 Å². The van der Waals surface area contributed by atoms with E-state index in [2.05, 4.69) is 20.5 Å². The van der Waals surface area contributed by atoms with Gasteiger partial charge in [0.05, 0.1) is 5.25 Å². The standard InChI is InChI=1S/C10H14N6S/c1-7(11)9(8-3-5-12-6-4-8)17-10-13-14-15-16(10)2/h3-7,9H,11H2,1-2H3. The SMILES string of the molecule is CC(N)C(Sc1nnnn1C)c1ccncc1. The summed E-state index contributed by atoms with van der Waals surface area (Å²) in [6, 6.07) is 3.93. The highest BCUT2D eigenvalue weighted by molar-refractivity contribution is 7.99. The van der Waals surface area contributed by atoms with E-state index in [1.165, 1.54) is 0 Å². The van der Waals surface area contributed by atoms with E-state index in [0.717, 1.165) is 10.7 Å². The molecule has 90 valence electrons. The molecule has 0 saturated heterocycles. The Morgan fingerprint density at radius 3 is 2.59 bits per heavy atom. The monoisotopic (exact) mass is 250 g/mol. The van der Waals surface area contributed by atoms with Gasteiger partial charge < -0.3 is 5.73 Å². The van der Waals surface area contributed by atoms with Gasteiger partial charge in [-0.2, -0.15) is 0 Å². The first-order chi connectivity index (χ1) is 8.18. The van der Waals surface area contributed by atoms with E-state index < -0.39 is 0 Å². The first-order valence-corrected chi connectivity index (χ1v) is 6.11. The predicted octanol–water partition coefficient (Wildman–Crippen LogP) is 0.786. The minimum absolute atomic E-state index is 0.000833. The van der Waals surface area contributed by atoms with Crippen LogP contribution in [0, 0.1) is 0 Å². The average Bonchev–Trinajstić information content (AvgIpc) is 2.72. The Balaban J connectivity index is 2.22. The molecular weight excluding hydrogens is 236 g/mol. The van der Waals surface area contributed by atoms with Crippen LogP contribution < -0.4 is 5.73 Å². The van der Waals surface area contributed by atoms with E-state index in [1.807, 2.05) is 26.1 Å². The van der Waals surface area contributed by atoms with Crippen molar-refractivity contribution in [3.05, 3.63) is 30.1 Å². The van der Waals surface area contributed by atoms with E-state index in [1.54, 1.807) is 28.8 Å². The Hall–Kier alpha value is -1.47. The highest BCUT2D eigenvalue weighted by atomic mass is 32.2. The maximum Gasteiger partial charge on any atom is 0.209 e. The van der Waals surface area contributed by atoms with Crippen molar-refractivity contribution in [3.8, 4) is 0 Å². The fourth-order valence-corrected chi connectivity index (χ4v) is 2.47. The van der Waals surface area contributed by atoms with Crippen molar-refractivity contribution in [2.75, 3.05) is 0 Å². The molecule has 0 radical (unpaired) electrons. The molecule has 0 aliphatic carbocycles. The zero-order valence-electron chi connectivity index (χ0n) is 9.69. The summed E-state index contributed by atoms with van der Waals surface area (Å²) < 4.78 is 1.64. The molecule has 17 heavy (non-hydrogen) atoms. The maximum atomic E-state index is 6.02. The number of hydrogen-bond acceptors (Lipinski definition) is 6. The van der Waals surface area contributed by atoms with Crippen LogP contribution in [0.25, 0.3) is 0 Å². The molecule has 2 rings (SSSR count). The van der Waals surface area contributed by atoms with Crippen LogP contribution in [0.3, 0.4) is 0 Å². The number of pyridine rings is 1. The number of aryl methyl sites for hydroxylation is 1. The Morgan fingerprint density at radius 2 is 2.06 bits per heavy atom. The van der Waals surface area contributed by atoms with Gasteiger partial charge in [-0.25, -0.2) is 4.68 Å². The van der Waals surface area contributed by atoms with Crippen molar-refractivity contribution in [1.29, 1.82) is 0 Å². The average molecular weight is 250 g/mol. The molecule has 2 atom stereocenters. The molecule has 2 heterocycles. The lowest BCUT2D eigenvalue weighted by Gasteiger charge is -2.19. The Morgan fingerprint density at radius 1 is 1.35 bits per heavy atom. The van der Waals surface area contributed by atoms with E-state index in [4.69, 9.17) is 5.73 Å². The first kappa shape index (κ1) is 12.0. The van der Waals surface area contributed by atoms with Gasteiger partial charge in [-0.05, 0) is 35.0 Å². The van der Waals surface area contributed by atoms with E-state index in [-0.39, 0.29) is 11.3 Å². The number of thioether (sulfide) groups is 1. The highest BCUT2D eigenvalue weighted by Gasteiger charge is 2.20. The Kier molecular flexibility index (Phi) is 3.70. The van der Waals surface area contributed by atoms with E-state index >= 15 is 0 Å². The molecule has 2 unspecified atom stereocenters. The summed E-state index contributed by atoms with van der Waals surface area (Å²) in [6.45, 7) is 1.97. The molecule has 6 nitrogen and oxygen atoms in total. The Bertz CT molecular complexity index is 469. The van der Waals surface area contributed by atoms with Crippen LogP contribution >= 0.6 is 11.8 Å². The summed E-state index contributed by atoms with van der Waals surface area (Å²) in [5, 5.41) is 12.2. The number of aromatic nitrogens is 5. The second-order valence-electron chi connectivity index (χ2n) is 3.76. The minimum Gasteiger partial charge on any atom is -0.327 e. The third-order valence-electron chi connectivity index (χ3n) is 2.33. The van der Waals surface area contributed by atoms with Crippen molar-refractivity contribution in [2.24, 2.45) is 12.8 Å². The molecule has 0 spiro atoms. The van der Waals surface area contributed by atoms with Crippen molar-refractivity contribution in [2.45, 2.75) is 23.4 Å². The smallest absolute Gasteiger partial charge is 0.209 e. The maximum absolute atomic E-state index is 6.02. The first-order valence-electron chi connectivity index (χ1n) is 5.23. The molecule has 0 saturated carbocycles. The zero-order chi connectivity index (χ0) is 12.3. The lowest BCUT2D eigenvalue weighted by molar-refractivity contribution is 0.657. The number of nitrogens with two attached hydrogens (primary N) is 1. The molecule has 0 fully saturated rings. The lowest BCUT2D eigenvalue weighted by atomic mass is 10.1. The van der Waals surface area contributed by atoms with E-state index in [0.29, 0.717) is 0 Å². The molecule has 2 aromatic rings. The fraction of sp³-hybridized carbons (Fsp3) is 0.400. The van der Waals surface area contributed by atoms with Crippen LogP contribution in [0.5, 0.6) is 0 Å². The van der Waals surface area contributed by atoms with Gasteiger partial charge in [0, 0.05) is 25.5 Å². The second kappa shape index (κ2) is 5.24. The molecule has 2 N–H and O–H groups in total. The summed E-state index contributed by atoms with van der Waals surface area (Å²) in [5.74, 6) is 0. The number of rotatable bonds is 4. The van der Waals surface area contributed by atoms with Crippen LogP contribution in [-0.4, -0.2) is 31.2 Å². The molecule has 7 heteroatoms. The fourth-order valence-electron chi connectivity index (χ4n) is 1.47. The third-order valence-corrected chi connectivity index (χ3v) is 3.84. The number of nitrogens with zero attached hydrogens (tertiary/aromatic N) is 5. The summed E-state index contributed by atoms with van der Waals surface area (Å²) in [6.07, 6.45) is 3.53. The van der Waals surface area contributed by atoms with Crippen LogP contribution in [-0.2, 0) is 7.05 Å². The van der Waals surface area contributed by atoms with Gasteiger partial charge in [0.25, 0.3) is 0 Å². The van der Waals surface area contributed by atoms with Crippen LogP contribution in [0.2, 0.25) is 0 Å². The third kappa shape index (κ3) is 2.80. The molecule has 0 aliphatic heterocycles. The summed E-state index contributed by atoms with van der Waals surface area (Å²) in [5.41, 5.74) is 7.14. The van der Waals surface area contributed by atoms with Crippen LogP contribution in [0.4, 0.5) is 0 Å². The van der Waals surface area contributed by atoms with Crippen molar-refractivity contribution in [1.82, 2.24) is 25.2 Å². The number of tetrazole rings is 1. The number of hydrogen-bond donors (Lipinski definition) is 1. The van der Waals surface area contributed by atoms with Gasteiger partial charge in [0.15, 0.2) is 0 Å². The van der Waals surface area contributed by atoms with Crippen molar-refractivity contribution < 1.29 is 0 Å². The normalized spacial score (nSPS) is 14.5. The second-order valence-corrected chi connectivity index (χ2v) is 4.87. The quantitative estimate of drug-likeness (QED) is 0.808. The van der Waals surface area contributed by atoms with Crippen LogP contribution in [0.1, 0.15) is 17.7 Å². The van der Waals surface area contributed by atoms with E-state index in [9.17, 15) is 0 Å². The van der Waals surface area contributed by atoms with Gasteiger partial charge in [-0.15, -0.1) is 5.10 Å². The zero-order valence-corrected chi connectivity index (χ0v) is 10.5. The van der Waals surface area contributed by atoms with Gasteiger partial charge in [0.2, 0.25) is 5.16 Å². The summed E-state index contributed by atoms with van der Waals surface area (Å²) in [4.78, 5) is 4.01. The van der Waals surface area contributed by atoms with Crippen LogP contribution in [0.15, 0.2) is 29.7 Å². The lowest BCUT2D eigenvalue weighted by Crippen LogP contribution is -2.23. The molecule has 0 bridgehead atoms. The summed E-state index contributed by atoms with van der Waals surface area (Å²) in [7, 11) is 1.81. The summed E-state index contributed by atoms with van der Waals surface area (Å²) >= 11 is 1.56. The van der Waals surface area contributed by atoms with Gasteiger partial charge >= 0.3 is 0 Å². The van der Waals surface area contributed by atoms with Gasteiger partial charge in [-0.3, -0.25) is 4.98 Å². The predicted molar refractivity (Wildman–Crippen MR) is 65.3 cm³/mol. The molecule has 2 aromatic heterocycles. The van der Waals surface area contributed by atoms with Crippen molar-refractivity contribution >= 4 is 11.8 Å². The van der Waals surface area contributed by atoms with Gasteiger partial charge in [-0.1, -0.05) is 11.8 Å².